The van der Waals surface area contributed by atoms with E-state index in [0.29, 0.717) is 12.0 Å². The predicted molar refractivity (Wildman–Crippen MR) is 67.5 cm³/mol. The number of fused-ring (bicyclic) bond motifs is 2. The maximum Gasteiger partial charge on any atom is 0.0775 e. The molecule has 3 aliphatic rings. The first-order valence-electron chi connectivity index (χ1n) is 7.01. The lowest BCUT2D eigenvalue weighted by Gasteiger charge is -2.40. The first-order chi connectivity index (χ1) is 8.33. The summed E-state index contributed by atoms with van der Waals surface area (Å²) in [6.45, 7) is 8.01. The molecule has 2 aliphatic carbocycles. The van der Waals surface area contributed by atoms with E-state index < -0.39 is 0 Å². The molecule has 3 atom stereocenters. The SMILES string of the molecule is CCN1CCN(C2/C(=N/O)C3CCC2C3)CC1. The van der Waals surface area contributed by atoms with E-state index in [-0.39, 0.29) is 0 Å². The Hall–Kier alpha value is -0.610. The minimum Gasteiger partial charge on any atom is -0.411 e. The van der Waals surface area contributed by atoms with Crippen molar-refractivity contribution in [3.63, 3.8) is 0 Å². The molecule has 0 aromatic heterocycles. The lowest BCUT2D eigenvalue weighted by molar-refractivity contribution is 0.102. The predicted octanol–water partition coefficient (Wildman–Crippen LogP) is 1.25. The average molecular weight is 237 g/mol. The Kier molecular flexibility index (Phi) is 3.09. The third kappa shape index (κ3) is 1.87. The Morgan fingerprint density at radius 3 is 2.65 bits per heavy atom. The summed E-state index contributed by atoms with van der Waals surface area (Å²) in [7, 11) is 0. The van der Waals surface area contributed by atoms with E-state index in [2.05, 4.69) is 21.9 Å². The van der Waals surface area contributed by atoms with Gasteiger partial charge in [0.1, 0.15) is 0 Å². The molecule has 0 aromatic carbocycles. The Morgan fingerprint density at radius 2 is 2.00 bits per heavy atom. The molecule has 1 aliphatic heterocycles. The summed E-state index contributed by atoms with van der Waals surface area (Å²) in [4.78, 5) is 5.06. The minimum absolute atomic E-state index is 0.456. The van der Waals surface area contributed by atoms with Gasteiger partial charge in [0.15, 0.2) is 0 Å². The number of nitrogens with zero attached hydrogens (tertiary/aromatic N) is 3. The number of piperazine rings is 1. The smallest absolute Gasteiger partial charge is 0.0775 e. The Bertz CT molecular complexity index is 310. The van der Waals surface area contributed by atoms with Crippen LogP contribution in [0.2, 0.25) is 0 Å². The van der Waals surface area contributed by atoms with Crippen molar-refractivity contribution < 1.29 is 5.21 Å². The van der Waals surface area contributed by atoms with E-state index in [9.17, 15) is 5.21 Å². The van der Waals surface area contributed by atoms with Crippen LogP contribution in [-0.2, 0) is 0 Å². The van der Waals surface area contributed by atoms with Crippen molar-refractivity contribution in [2.24, 2.45) is 17.0 Å². The molecule has 1 heterocycles. The van der Waals surface area contributed by atoms with Gasteiger partial charge in [-0.15, -0.1) is 0 Å². The Morgan fingerprint density at radius 1 is 1.24 bits per heavy atom. The van der Waals surface area contributed by atoms with Gasteiger partial charge in [-0.3, -0.25) is 4.90 Å². The molecule has 96 valence electrons. The molecule has 4 nitrogen and oxygen atoms in total. The second-order valence-corrected chi connectivity index (χ2v) is 5.71. The van der Waals surface area contributed by atoms with Gasteiger partial charge in [-0.2, -0.15) is 0 Å². The summed E-state index contributed by atoms with van der Waals surface area (Å²) in [5, 5.41) is 12.9. The maximum atomic E-state index is 9.24. The van der Waals surface area contributed by atoms with Gasteiger partial charge in [0, 0.05) is 32.1 Å². The standard InChI is InChI=1S/C13H23N3O/c1-2-15-5-7-16(8-6-15)13-11-4-3-10(9-11)12(13)14-17/h10-11,13,17H,2-9H2,1H3/b14-12+. The van der Waals surface area contributed by atoms with Gasteiger partial charge in [0.05, 0.1) is 11.8 Å². The molecular weight excluding hydrogens is 214 g/mol. The van der Waals surface area contributed by atoms with Gasteiger partial charge >= 0.3 is 0 Å². The molecule has 0 amide bonds. The molecule has 17 heavy (non-hydrogen) atoms. The fourth-order valence-electron chi connectivity index (χ4n) is 4.04. The zero-order valence-electron chi connectivity index (χ0n) is 10.7. The van der Waals surface area contributed by atoms with Gasteiger partial charge in [0.2, 0.25) is 0 Å². The van der Waals surface area contributed by atoms with Crippen molar-refractivity contribution in [2.75, 3.05) is 32.7 Å². The van der Waals surface area contributed by atoms with Crippen molar-refractivity contribution >= 4 is 5.71 Å². The van der Waals surface area contributed by atoms with Crippen LogP contribution in [-0.4, -0.2) is 59.5 Å². The Labute approximate surface area is 103 Å². The first kappa shape index (κ1) is 11.5. The zero-order valence-corrected chi connectivity index (χ0v) is 10.7. The summed E-state index contributed by atoms with van der Waals surface area (Å²) < 4.78 is 0. The molecule has 0 aromatic rings. The van der Waals surface area contributed by atoms with Crippen LogP contribution in [0.4, 0.5) is 0 Å². The molecule has 3 unspecified atom stereocenters. The lowest BCUT2D eigenvalue weighted by Crippen LogP contribution is -2.54. The van der Waals surface area contributed by atoms with E-state index in [1.165, 1.54) is 32.4 Å². The number of hydrogen-bond donors (Lipinski definition) is 1. The van der Waals surface area contributed by atoms with Crippen molar-refractivity contribution in [3.05, 3.63) is 0 Å². The van der Waals surface area contributed by atoms with Crippen LogP contribution in [0.3, 0.4) is 0 Å². The molecule has 1 saturated heterocycles. The number of rotatable bonds is 2. The summed E-state index contributed by atoms with van der Waals surface area (Å²) in [5.74, 6) is 1.35. The van der Waals surface area contributed by atoms with Gasteiger partial charge in [-0.1, -0.05) is 12.1 Å². The van der Waals surface area contributed by atoms with E-state index in [1.54, 1.807) is 0 Å². The monoisotopic (exact) mass is 237 g/mol. The van der Waals surface area contributed by atoms with E-state index in [4.69, 9.17) is 0 Å². The highest BCUT2D eigenvalue weighted by Gasteiger charge is 2.48. The van der Waals surface area contributed by atoms with Crippen LogP contribution in [0.1, 0.15) is 26.2 Å². The average Bonchev–Trinajstić information content (AvgIpc) is 2.98. The van der Waals surface area contributed by atoms with Crippen LogP contribution in [0.5, 0.6) is 0 Å². The number of oxime groups is 1. The summed E-state index contributed by atoms with van der Waals surface area (Å²) in [6.07, 6.45) is 3.84. The van der Waals surface area contributed by atoms with Crippen molar-refractivity contribution in [2.45, 2.75) is 32.2 Å². The highest BCUT2D eigenvalue weighted by molar-refractivity contribution is 5.94. The van der Waals surface area contributed by atoms with Gasteiger partial charge < -0.3 is 10.1 Å². The van der Waals surface area contributed by atoms with Gasteiger partial charge in [0.25, 0.3) is 0 Å². The van der Waals surface area contributed by atoms with Gasteiger partial charge in [-0.05, 0) is 31.7 Å². The molecule has 1 N–H and O–H groups in total. The molecule has 3 rings (SSSR count). The second kappa shape index (κ2) is 4.58. The number of likely N-dealkylation sites (N-methyl/N-ethyl adjacent to an activating group) is 1. The van der Waals surface area contributed by atoms with E-state index in [1.807, 2.05) is 0 Å². The molecule has 3 fully saturated rings. The van der Waals surface area contributed by atoms with Crippen LogP contribution < -0.4 is 0 Å². The van der Waals surface area contributed by atoms with E-state index in [0.717, 1.165) is 31.3 Å². The topological polar surface area (TPSA) is 39.1 Å². The molecule has 0 radical (unpaired) electrons. The van der Waals surface area contributed by atoms with Crippen molar-refractivity contribution in [3.8, 4) is 0 Å². The Balaban J connectivity index is 1.68. The van der Waals surface area contributed by atoms with Crippen molar-refractivity contribution in [1.82, 2.24) is 9.80 Å². The lowest BCUT2D eigenvalue weighted by atomic mass is 9.91. The fourth-order valence-corrected chi connectivity index (χ4v) is 4.04. The first-order valence-corrected chi connectivity index (χ1v) is 7.01. The summed E-state index contributed by atoms with van der Waals surface area (Å²) in [5.41, 5.74) is 1.09. The normalized spacial score (nSPS) is 41.5. The van der Waals surface area contributed by atoms with Crippen LogP contribution in [0.25, 0.3) is 0 Å². The maximum absolute atomic E-state index is 9.24. The molecular formula is C13H23N3O. The van der Waals surface area contributed by atoms with E-state index >= 15 is 0 Å². The summed E-state index contributed by atoms with van der Waals surface area (Å²) >= 11 is 0. The van der Waals surface area contributed by atoms with Crippen LogP contribution >= 0.6 is 0 Å². The second-order valence-electron chi connectivity index (χ2n) is 5.71. The largest absolute Gasteiger partial charge is 0.411 e. The number of hydrogen-bond acceptors (Lipinski definition) is 4. The molecule has 0 spiro atoms. The molecule has 2 bridgehead atoms. The third-order valence-corrected chi connectivity index (χ3v) is 5.00. The van der Waals surface area contributed by atoms with Crippen molar-refractivity contribution in [1.29, 1.82) is 0 Å². The van der Waals surface area contributed by atoms with Crippen LogP contribution in [0.15, 0.2) is 5.16 Å². The highest BCUT2D eigenvalue weighted by Crippen LogP contribution is 2.45. The van der Waals surface area contributed by atoms with Crippen LogP contribution in [0, 0.1) is 11.8 Å². The minimum atomic E-state index is 0.456. The highest BCUT2D eigenvalue weighted by atomic mass is 16.4. The van der Waals surface area contributed by atoms with Gasteiger partial charge in [-0.25, -0.2) is 0 Å². The quantitative estimate of drug-likeness (QED) is 0.580. The fraction of sp³-hybridized carbons (Fsp3) is 0.923. The zero-order chi connectivity index (χ0) is 11.8. The molecule has 2 saturated carbocycles. The summed E-state index contributed by atoms with van der Waals surface area (Å²) in [6, 6.07) is 0.456. The molecule has 4 heteroatoms. The third-order valence-electron chi connectivity index (χ3n) is 5.00.